The summed E-state index contributed by atoms with van der Waals surface area (Å²) in [7, 11) is 0. The Morgan fingerprint density at radius 2 is 0.846 bits per heavy atom. The molecule has 52 heavy (non-hydrogen) atoms. The van der Waals surface area contributed by atoms with Crippen LogP contribution in [0.3, 0.4) is 0 Å². The monoisotopic (exact) mass is 660 g/mol. The van der Waals surface area contributed by atoms with Crippen LogP contribution >= 0.6 is 0 Å². The average molecular weight is 661 g/mol. The molecule has 2 nitrogen and oxygen atoms in total. The van der Waals surface area contributed by atoms with Gasteiger partial charge in [-0.25, -0.2) is 0 Å². The van der Waals surface area contributed by atoms with Crippen molar-refractivity contribution in [3.05, 3.63) is 215 Å². The molecule has 2 heteroatoms. The van der Waals surface area contributed by atoms with Crippen LogP contribution in [0.5, 0.6) is 0 Å². The Bertz CT molecular complexity index is 3040. The van der Waals surface area contributed by atoms with Gasteiger partial charge in [0.15, 0.2) is 0 Å². The van der Waals surface area contributed by atoms with E-state index in [4.69, 9.17) is 0 Å². The van der Waals surface area contributed by atoms with Gasteiger partial charge >= 0.3 is 0 Å². The van der Waals surface area contributed by atoms with Crippen LogP contribution in [0.4, 0.5) is 0 Å². The number of hydrogen-bond acceptors (Lipinski definition) is 0. The molecule has 0 spiro atoms. The topological polar surface area (TPSA) is 9.86 Å². The van der Waals surface area contributed by atoms with Crippen molar-refractivity contribution in [2.45, 2.75) is 11.8 Å². The number of hydrogen-bond donors (Lipinski definition) is 0. The molecule has 242 valence electrons. The molecule has 0 atom stereocenters. The van der Waals surface area contributed by atoms with Crippen LogP contribution in [0, 0.1) is 0 Å². The Morgan fingerprint density at radius 1 is 0.308 bits per heavy atom. The summed E-state index contributed by atoms with van der Waals surface area (Å²) in [5.74, 6) is 0.462. The maximum Gasteiger partial charge on any atom is 0.0544 e. The Kier molecular flexibility index (Phi) is 5.64. The van der Waals surface area contributed by atoms with Crippen LogP contribution in [0.2, 0.25) is 0 Å². The molecule has 0 amide bonds. The predicted molar refractivity (Wildman–Crippen MR) is 215 cm³/mol. The zero-order chi connectivity index (χ0) is 33.9. The fourth-order valence-electron chi connectivity index (χ4n) is 9.83. The quantitative estimate of drug-likeness (QED) is 0.178. The van der Waals surface area contributed by atoms with Crippen molar-refractivity contribution in [2.24, 2.45) is 0 Å². The second kappa shape index (κ2) is 10.4. The zero-order valence-corrected chi connectivity index (χ0v) is 28.4. The highest BCUT2D eigenvalue weighted by atomic mass is 15.0. The highest BCUT2D eigenvalue weighted by Crippen LogP contribution is 2.58. The van der Waals surface area contributed by atoms with Crippen molar-refractivity contribution in [1.82, 2.24) is 9.13 Å². The van der Waals surface area contributed by atoms with Gasteiger partial charge in [-0.3, -0.25) is 0 Å². The van der Waals surface area contributed by atoms with Crippen molar-refractivity contribution in [3.63, 3.8) is 0 Å². The number of fused-ring (bicyclic) bond motifs is 6. The maximum atomic E-state index is 2.51. The van der Waals surface area contributed by atoms with Gasteiger partial charge in [0.25, 0.3) is 0 Å². The van der Waals surface area contributed by atoms with Gasteiger partial charge in [0.2, 0.25) is 0 Å². The van der Waals surface area contributed by atoms with Gasteiger partial charge in [0.05, 0.1) is 22.1 Å². The molecule has 3 aliphatic carbocycles. The van der Waals surface area contributed by atoms with Crippen molar-refractivity contribution in [3.8, 4) is 22.5 Å². The second-order valence-electron chi connectivity index (χ2n) is 14.4. The Balaban J connectivity index is 1.11. The largest absolute Gasteiger partial charge is 0.309 e. The van der Waals surface area contributed by atoms with E-state index in [1.165, 1.54) is 99.5 Å². The van der Waals surface area contributed by atoms with E-state index in [-0.39, 0.29) is 11.8 Å². The van der Waals surface area contributed by atoms with E-state index in [1.807, 2.05) is 0 Å². The third-order valence-corrected chi connectivity index (χ3v) is 11.9. The van der Waals surface area contributed by atoms with Gasteiger partial charge in [-0.2, -0.15) is 0 Å². The zero-order valence-electron chi connectivity index (χ0n) is 28.4. The van der Waals surface area contributed by atoms with Crippen molar-refractivity contribution < 1.29 is 0 Å². The first-order chi connectivity index (χ1) is 25.8. The minimum Gasteiger partial charge on any atom is -0.309 e. The van der Waals surface area contributed by atoms with Gasteiger partial charge in [-0.15, -0.1) is 0 Å². The summed E-state index contributed by atoms with van der Waals surface area (Å²) in [4.78, 5) is 0. The average Bonchev–Trinajstić information content (AvgIpc) is 3.74. The molecule has 0 fully saturated rings. The molecule has 0 saturated carbocycles. The highest BCUT2D eigenvalue weighted by Gasteiger charge is 2.42. The second-order valence-corrected chi connectivity index (χ2v) is 14.4. The SMILES string of the molecule is c1ccc(-c2cccc(-n3c4ccccc4c4cc(-n5c6ccccc6c6c7c(ccc65)C5c6ccccc6C7c6ccccc65)ccc43)c2)cc1. The molecule has 0 saturated heterocycles. The molecule has 0 unspecified atom stereocenters. The van der Waals surface area contributed by atoms with E-state index < -0.39 is 0 Å². The number of rotatable bonds is 3. The number of para-hydroxylation sites is 2. The summed E-state index contributed by atoms with van der Waals surface area (Å²) in [6.45, 7) is 0. The minimum absolute atomic E-state index is 0.211. The third kappa shape index (κ3) is 3.68. The third-order valence-electron chi connectivity index (χ3n) is 11.9. The lowest BCUT2D eigenvalue weighted by Gasteiger charge is -2.42. The van der Waals surface area contributed by atoms with Gasteiger partial charge in [0, 0.05) is 44.8 Å². The summed E-state index contributed by atoms with van der Waals surface area (Å²) < 4.78 is 4.93. The summed E-state index contributed by atoms with van der Waals surface area (Å²) >= 11 is 0. The van der Waals surface area contributed by atoms with Gasteiger partial charge in [0.1, 0.15) is 0 Å². The number of benzene rings is 8. The maximum absolute atomic E-state index is 2.51. The summed E-state index contributed by atoms with van der Waals surface area (Å²) in [6, 6.07) is 67.6. The fourth-order valence-corrected chi connectivity index (χ4v) is 9.83. The molecule has 2 aromatic heterocycles. The van der Waals surface area contributed by atoms with E-state index in [9.17, 15) is 0 Å². The van der Waals surface area contributed by atoms with E-state index in [2.05, 4.69) is 191 Å². The molecule has 0 N–H and O–H groups in total. The van der Waals surface area contributed by atoms with Crippen LogP contribution in [-0.4, -0.2) is 9.13 Å². The first kappa shape index (κ1) is 28.1. The number of aromatic nitrogens is 2. The summed E-state index contributed by atoms with van der Waals surface area (Å²) in [6.07, 6.45) is 0. The van der Waals surface area contributed by atoms with E-state index in [0.29, 0.717) is 0 Å². The standard InChI is InChI=1S/C50H32N2/c1-2-13-31(14-3-1)32-15-12-16-33(29-32)51-43-23-10-8-17-35(43)42-30-34(25-27-45(42)51)52-44-24-11-9-22-40(44)49-46(52)28-26-41-47-36-18-4-6-20-38(36)48(50(41)49)39-21-7-5-19-37(39)47/h1-30,47-48H. The lowest BCUT2D eigenvalue weighted by molar-refractivity contribution is 0.761. The molecule has 8 aromatic carbocycles. The molecular formula is C50H32N2. The predicted octanol–water partition coefficient (Wildman–Crippen LogP) is 12.5. The number of nitrogens with zero attached hydrogens (tertiary/aromatic N) is 2. The van der Waals surface area contributed by atoms with Gasteiger partial charge in [-0.05, 0) is 93.0 Å². The molecule has 2 bridgehead atoms. The first-order valence-electron chi connectivity index (χ1n) is 18.3. The first-order valence-corrected chi connectivity index (χ1v) is 18.3. The van der Waals surface area contributed by atoms with Crippen LogP contribution in [0.1, 0.15) is 45.2 Å². The minimum atomic E-state index is 0.211. The Morgan fingerprint density at radius 3 is 1.60 bits per heavy atom. The molecule has 13 rings (SSSR count). The molecular weight excluding hydrogens is 629 g/mol. The van der Waals surface area contributed by atoms with Crippen LogP contribution in [-0.2, 0) is 0 Å². The molecule has 0 radical (unpaired) electrons. The molecule has 0 aliphatic heterocycles. The molecule has 2 heterocycles. The fraction of sp³-hybridized carbons (Fsp3) is 0.0400. The van der Waals surface area contributed by atoms with Crippen LogP contribution in [0.15, 0.2) is 182 Å². The van der Waals surface area contributed by atoms with E-state index >= 15 is 0 Å². The van der Waals surface area contributed by atoms with Crippen molar-refractivity contribution in [2.75, 3.05) is 0 Å². The Labute approximate surface area is 301 Å². The van der Waals surface area contributed by atoms with Crippen LogP contribution < -0.4 is 0 Å². The van der Waals surface area contributed by atoms with E-state index in [0.717, 1.165) is 0 Å². The van der Waals surface area contributed by atoms with Crippen LogP contribution in [0.25, 0.3) is 66.1 Å². The van der Waals surface area contributed by atoms with Gasteiger partial charge in [-0.1, -0.05) is 133 Å². The lowest BCUT2D eigenvalue weighted by atomic mass is 9.60. The van der Waals surface area contributed by atoms with Gasteiger partial charge < -0.3 is 9.13 Å². The van der Waals surface area contributed by atoms with E-state index in [1.54, 1.807) is 0 Å². The summed E-state index contributed by atoms with van der Waals surface area (Å²) in [5, 5.41) is 5.21. The van der Waals surface area contributed by atoms with Crippen molar-refractivity contribution >= 4 is 43.6 Å². The smallest absolute Gasteiger partial charge is 0.0544 e. The summed E-state index contributed by atoms with van der Waals surface area (Å²) in [5.41, 5.74) is 18.5. The molecule has 10 aromatic rings. The normalized spacial score (nSPS) is 15.7. The molecule has 3 aliphatic rings. The lowest BCUT2D eigenvalue weighted by Crippen LogP contribution is -2.27. The Hall–Kier alpha value is -6.64. The van der Waals surface area contributed by atoms with Crippen molar-refractivity contribution in [1.29, 1.82) is 0 Å². The highest BCUT2D eigenvalue weighted by molar-refractivity contribution is 6.14.